The zero-order valence-electron chi connectivity index (χ0n) is 27.4. The van der Waals surface area contributed by atoms with Crippen LogP contribution in [-0.4, -0.2) is 43.7 Å². The quantitative estimate of drug-likeness (QED) is 0.300. The highest BCUT2D eigenvalue weighted by Gasteiger charge is 2.49. The van der Waals surface area contributed by atoms with Crippen molar-refractivity contribution < 1.29 is 29.0 Å². The molecule has 0 aliphatic heterocycles. The molecule has 4 bridgehead atoms. The minimum atomic E-state index is -0.487. The monoisotopic (exact) mass is 643 g/mol. The second-order valence-electron chi connectivity index (χ2n) is 14.5. The molecule has 10 atom stereocenters. The molecule has 6 rings (SSSR count). The molecule has 0 aromatic heterocycles. The van der Waals surface area contributed by atoms with Gasteiger partial charge in [-0.15, -0.1) is 0 Å². The van der Waals surface area contributed by atoms with Crippen molar-refractivity contribution in [1.82, 2.24) is 0 Å². The number of carbonyl (C=O) groups is 3. The van der Waals surface area contributed by atoms with Crippen molar-refractivity contribution in [2.24, 2.45) is 59.2 Å². The number of rotatable bonds is 5. The van der Waals surface area contributed by atoms with Gasteiger partial charge in [0.2, 0.25) is 0 Å². The third-order valence-corrected chi connectivity index (χ3v) is 11.2. The van der Waals surface area contributed by atoms with Gasteiger partial charge in [0.25, 0.3) is 0 Å². The Balaban J connectivity index is -0.000000548. The maximum atomic E-state index is 11.9. The van der Waals surface area contributed by atoms with Crippen LogP contribution in [0, 0.1) is 59.2 Å². The Morgan fingerprint density at radius 3 is 1.31 bits per heavy atom. The van der Waals surface area contributed by atoms with Gasteiger partial charge in [0.05, 0.1) is 18.9 Å². The number of fused-ring (bicyclic) bond motifs is 10. The zero-order chi connectivity index (χ0) is 30.7. The first kappa shape index (κ1) is 48.0. The normalized spacial score (nSPS) is 31.5. The molecule has 0 aromatic rings. The summed E-state index contributed by atoms with van der Waals surface area (Å²) in [5.41, 5.74) is -0.487. The summed E-state index contributed by atoms with van der Waals surface area (Å²) in [6.45, 7) is 11.2. The van der Waals surface area contributed by atoms with Gasteiger partial charge in [-0.25, -0.2) is 0 Å². The third-order valence-electron chi connectivity index (χ3n) is 11.2. The average molecular weight is 643 g/mol. The molecule has 6 heteroatoms. The standard InChI is InChI=1S/C13H24O4.2C10H16.CH4O.CH2O.4CH4/c1-7-10(8-9(2)11(14)16-6)12(15)17-13(3,4)5;2*1-2-9-7-4-5-8(6-7)10(9)3-1;2*1-2;;;;/h9-10H,7-8H2,1-6H3;2*7-10H,1-6H2;2H,1H3;1H2;4*1H4. The fourth-order valence-electron chi connectivity index (χ4n) is 9.58. The molecule has 0 saturated heterocycles. The van der Waals surface area contributed by atoms with Gasteiger partial charge in [-0.1, -0.05) is 56.4 Å². The highest BCUT2D eigenvalue weighted by Crippen LogP contribution is 2.59. The molecule has 10 unspecified atom stereocenters. The van der Waals surface area contributed by atoms with Gasteiger partial charge in [-0.05, 0) is 145 Å². The van der Waals surface area contributed by atoms with E-state index in [1.807, 2.05) is 34.5 Å². The van der Waals surface area contributed by atoms with Crippen molar-refractivity contribution in [3.63, 3.8) is 0 Å². The number of hydrogen-bond acceptors (Lipinski definition) is 6. The fourth-order valence-corrected chi connectivity index (χ4v) is 9.58. The van der Waals surface area contributed by atoms with Crippen LogP contribution in [0.2, 0.25) is 0 Å². The van der Waals surface area contributed by atoms with E-state index in [1.165, 1.54) is 54.5 Å². The SMILES string of the molecule is C.C.C.C.C1CC2C3CCC(C3)C2C1.C1CC2C3CCC(C3)C2C1.C=O.CCC(CC(C)C(=O)OC)C(=O)OC(C)(C)C.CO. The lowest BCUT2D eigenvalue weighted by molar-refractivity contribution is -0.161. The number of carbonyl (C=O) groups excluding carboxylic acids is 3. The minimum absolute atomic E-state index is 0. The van der Waals surface area contributed by atoms with Crippen molar-refractivity contribution in [3.8, 4) is 0 Å². The smallest absolute Gasteiger partial charge is 0.309 e. The second kappa shape index (κ2) is 23.0. The van der Waals surface area contributed by atoms with E-state index in [1.54, 1.807) is 84.0 Å². The van der Waals surface area contributed by atoms with Gasteiger partial charge < -0.3 is 19.4 Å². The topological polar surface area (TPSA) is 89.9 Å². The first-order valence-electron chi connectivity index (χ1n) is 16.7. The first-order valence-corrected chi connectivity index (χ1v) is 16.7. The summed E-state index contributed by atoms with van der Waals surface area (Å²) in [5.74, 6) is 8.54. The van der Waals surface area contributed by atoms with Gasteiger partial charge in [0.15, 0.2) is 0 Å². The second-order valence-corrected chi connectivity index (χ2v) is 14.5. The highest BCUT2D eigenvalue weighted by molar-refractivity contribution is 5.76. The number of aliphatic hydroxyl groups is 1. The highest BCUT2D eigenvalue weighted by atomic mass is 16.6. The summed E-state index contributed by atoms with van der Waals surface area (Å²) in [5, 5.41) is 7.00. The van der Waals surface area contributed by atoms with Crippen LogP contribution in [0.1, 0.15) is 154 Å². The van der Waals surface area contributed by atoms with Crippen molar-refractivity contribution in [2.45, 2.75) is 160 Å². The molecule has 0 aromatic carbocycles. The number of methoxy groups -OCH3 is 1. The summed E-state index contributed by atoms with van der Waals surface area (Å²) in [6, 6.07) is 0. The van der Waals surface area contributed by atoms with E-state index in [9.17, 15) is 9.59 Å². The Labute approximate surface area is 280 Å². The predicted octanol–water partition coefficient (Wildman–Crippen LogP) is 10.2. The maximum Gasteiger partial charge on any atom is 0.309 e. The average Bonchev–Trinajstić information content (AvgIpc) is 3.80. The van der Waals surface area contributed by atoms with Crippen LogP contribution in [0.25, 0.3) is 0 Å². The molecule has 1 N–H and O–H groups in total. The molecule has 0 radical (unpaired) electrons. The van der Waals surface area contributed by atoms with E-state index in [4.69, 9.17) is 14.6 Å². The lowest BCUT2D eigenvalue weighted by atomic mass is 9.82. The van der Waals surface area contributed by atoms with Crippen LogP contribution < -0.4 is 0 Å². The van der Waals surface area contributed by atoms with Crippen LogP contribution >= 0.6 is 0 Å². The van der Waals surface area contributed by atoms with Gasteiger partial charge >= 0.3 is 11.9 Å². The van der Waals surface area contributed by atoms with Gasteiger partial charge in [0, 0.05) is 7.11 Å². The predicted molar refractivity (Wildman–Crippen MR) is 191 cm³/mol. The van der Waals surface area contributed by atoms with Crippen molar-refractivity contribution >= 4 is 18.7 Å². The Hall–Kier alpha value is -1.43. The van der Waals surface area contributed by atoms with E-state index in [-0.39, 0.29) is 53.5 Å². The molecule has 0 amide bonds. The molecule has 45 heavy (non-hydrogen) atoms. The van der Waals surface area contributed by atoms with E-state index >= 15 is 0 Å². The number of hydrogen-bond donors (Lipinski definition) is 1. The maximum absolute atomic E-state index is 11.9. The van der Waals surface area contributed by atoms with Crippen LogP contribution in [0.5, 0.6) is 0 Å². The van der Waals surface area contributed by atoms with Crippen molar-refractivity contribution in [3.05, 3.63) is 0 Å². The lowest BCUT2D eigenvalue weighted by Gasteiger charge is -2.24. The molecule has 0 spiro atoms. The van der Waals surface area contributed by atoms with Crippen molar-refractivity contribution in [1.29, 1.82) is 0 Å². The molecular formula is C39H78O6. The third kappa shape index (κ3) is 12.9. The minimum Gasteiger partial charge on any atom is -0.469 e. The summed E-state index contributed by atoms with van der Waals surface area (Å²) in [7, 11) is 2.35. The van der Waals surface area contributed by atoms with Crippen LogP contribution in [0.4, 0.5) is 0 Å². The van der Waals surface area contributed by atoms with E-state index in [0.717, 1.165) is 7.11 Å². The van der Waals surface area contributed by atoms with Crippen LogP contribution in [0.15, 0.2) is 0 Å². The summed E-state index contributed by atoms with van der Waals surface area (Å²) >= 11 is 0. The van der Waals surface area contributed by atoms with Crippen molar-refractivity contribution in [2.75, 3.05) is 14.2 Å². The number of aliphatic hydroxyl groups excluding tert-OH is 1. The largest absolute Gasteiger partial charge is 0.469 e. The fraction of sp³-hybridized carbons (Fsp3) is 0.923. The van der Waals surface area contributed by atoms with Crippen LogP contribution in [-0.2, 0) is 23.9 Å². The molecular weight excluding hydrogens is 564 g/mol. The Kier molecular flexibility index (Phi) is 24.5. The summed E-state index contributed by atoms with van der Waals surface area (Å²) in [6.07, 6.45) is 20.2. The molecule has 6 fully saturated rings. The van der Waals surface area contributed by atoms with Crippen LogP contribution in [0.3, 0.4) is 0 Å². The zero-order valence-corrected chi connectivity index (χ0v) is 27.4. The Morgan fingerprint density at radius 1 is 0.711 bits per heavy atom. The summed E-state index contributed by atoms with van der Waals surface area (Å²) in [4.78, 5) is 31.2. The van der Waals surface area contributed by atoms with Gasteiger partial charge in [-0.3, -0.25) is 9.59 Å². The molecule has 6 nitrogen and oxygen atoms in total. The van der Waals surface area contributed by atoms with E-state index in [0.29, 0.717) is 12.8 Å². The molecule has 6 aliphatic rings. The van der Waals surface area contributed by atoms with E-state index in [2.05, 4.69) is 4.74 Å². The molecule has 6 aliphatic carbocycles. The molecule has 6 saturated carbocycles. The number of esters is 2. The Morgan fingerprint density at radius 2 is 1.04 bits per heavy atom. The Bertz CT molecular complexity index is 723. The summed E-state index contributed by atoms with van der Waals surface area (Å²) < 4.78 is 9.96. The van der Waals surface area contributed by atoms with Gasteiger partial charge in [-0.2, -0.15) is 0 Å². The molecule has 0 heterocycles. The first-order chi connectivity index (χ1) is 19.6. The molecule has 270 valence electrons. The lowest BCUT2D eigenvalue weighted by Crippen LogP contribution is -2.30. The van der Waals surface area contributed by atoms with Gasteiger partial charge in [0.1, 0.15) is 12.4 Å². The number of ether oxygens (including phenoxy) is 2. The van der Waals surface area contributed by atoms with E-state index < -0.39 is 5.60 Å².